The summed E-state index contributed by atoms with van der Waals surface area (Å²) < 4.78 is 30.7. The average molecular weight is 219 g/mol. The van der Waals surface area contributed by atoms with Gasteiger partial charge in [0.05, 0.1) is 12.2 Å². The molecule has 0 radical (unpaired) electrons. The normalized spacial score (nSPS) is 34.0. The molecule has 0 amide bonds. The number of alkyl halides is 2. The number of nitrogens with one attached hydrogen (secondary N) is 1. The molecule has 1 aliphatic carbocycles. The molecule has 0 aromatic heterocycles. The van der Waals surface area contributed by atoms with E-state index in [0.717, 1.165) is 6.42 Å². The topological polar surface area (TPSA) is 21.3 Å². The van der Waals surface area contributed by atoms with Crippen LogP contribution in [0.1, 0.15) is 33.1 Å². The van der Waals surface area contributed by atoms with Crippen LogP contribution in [-0.2, 0) is 4.74 Å². The molecule has 4 heteroatoms. The Kier molecular flexibility index (Phi) is 2.75. The minimum atomic E-state index is -2.39. The number of rotatable bonds is 3. The predicted octanol–water partition coefficient (Wildman–Crippen LogP) is 2.19. The van der Waals surface area contributed by atoms with E-state index >= 15 is 0 Å². The summed E-state index contributed by atoms with van der Waals surface area (Å²) in [5, 5.41) is 3.32. The second-order valence-electron chi connectivity index (χ2n) is 5.51. The zero-order valence-corrected chi connectivity index (χ0v) is 9.35. The van der Waals surface area contributed by atoms with Crippen molar-refractivity contribution in [2.75, 3.05) is 13.2 Å². The third kappa shape index (κ3) is 2.88. The van der Waals surface area contributed by atoms with E-state index in [4.69, 9.17) is 4.74 Å². The molecule has 88 valence electrons. The Balaban J connectivity index is 1.64. The molecular formula is C11H19F2NO. The highest BCUT2D eigenvalue weighted by Gasteiger charge is 2.45. The van der Waals surface area contributed by atoms with Crippen molar-refractivity contribution in [1.82, 2.24) is 5.32 Å². The molecule has 0 bridgehead atoms. The van der Waals surface area contributed by atoms with Gasteiger partial charge >= 0.3 is 0 Å². The van der Waals surface area contributed by atoms with E-state index in [1.165, 1.54) is 0 Å². The molecule has 15 heavy (non-hydrogen) atoms. The Morgan fingerprint density at radius 3 is 2.40 bits per heavy atom. The quantitative estimate of drug-likeness (QED) is 0.785. The maximum atomic E-state index is 12.6. The number of hydrogen-bond donors (Lipinski definition) is 1. The molecule has 1 aliphatic heterocycles. The van der Waals surface area contributed by atoms with Crippen LogP contribution in [0.25, 0.3) is 0 Å². The van der Waals surface area contributed by atoms with Crippen molar-refractivity contribution in [3.05, 3.63) is 0 Å². The van der Waals surface area contributed by atoms with Crippen LogP contribution in [0.15, 0.2) is 0 Å². The van der Waals surface area contributed by atoms with Crippen molar-refractivity contribution in [2.45, 2.75) is 50.7 Å². The van der Waals surface area contributed by atoms with Gasteiger partial charge in [0.15, 0.2) is 0 Å². The van der Waals surface area contributed by atoms with Gasteiger partial charge in [-0.1, -0.05) is 0 Å². The lowest BCUT2D eigenvalue weighted by Gasteiger charge is -2.35. The Labute approximate surface area is 89.4 Å². The molecule has 0 spiro atoms. The van der Waals surface area contributed by atoms with Crippen molar-refractivity contribution < 1.29 is 13.5 Å². The van der Waals surface area contributed by atoms with E-state index in [-0.39, 0.29) is 24.4 Å². The fraction of sp³-hybridized carbons (Fsp3) is 1.00. The second-order valence-corrected chi connectivity index (χ2v) is 5.51. The smallest absolute Gasteiger partial charge is 0.248 e. The largest absolute Gasteiger partial charge is 0.374 e. The van der Waals surface area contributed by atoms with Crippen LogP contribution in [0, 0.1) is 5.92 Å². The first-order chi connectivity index (χ1) is 6.86. The Bertz CT molecular complexity index is 235. The average Bonchev–Trinajstić information content (AvgIpc) is 2.38. The van der Waals surface area contributed by atoms with E-state index < -0.39 is 5.92 Å². The van der Waals surface area contributed by atoms with Crippen LogP contribution in [0.3, 0.4) is 0 Å². The van der Waals surface area contributed by atoms with Gasteiger partial charge in [-0.2, -0.15) is 0 Å². The second kappa shape index (κ2) is 3.67. The molecule has 2 fully saturated rings. The molecule has 1 N–H and O–H groups in total. The first kappa shape index (κ1) is 11.3. The van der Waals surface area contributed by atoms with Gasteiger partial charge in [-0.3, -0.25) is 0 Å². The van der Waals surface area contributed by atoms with Crippen LogP contribution in [-0.4, -0.2) is 30.7 Å². The zero-order valence-electron chi connectivity index (χ0n) is 9.35. The highest BCUT2D eigenvalue weighted by Crippen LogP contribution is 2.42. The summed E-state index contributed by atoms with van der Waals surface area (Å²) in [5.74, 6) is -2.23. The molecule has 2 rings (SSSR count). The fourth-order valence-corrected chi connectivity index (χ4v) is 2.43. The third-order valence-electron chi connectivity index (χ3n) is 3.28. The Hall–Kier alpha value is -0.220. The summed E-state index contributed by atoms with van der Waals surface area (Å²) >= 11 is 0. The van der Waals surface area contributed by atoms with E-state index in [0.29, 0.717) is 19.2 Å². The van der Waals surface area contributed by atoms with Crippen LogP contribution in [0.2, 0.25) is 0 Å². The Morgan fingerprint density at radius 1 is 1.27 bits per heavy atom. The molecule has 2 nitrogen and oxygen atoms in total. The minimum Gasteiger partial charge on any atom is -0.374 e. The third-order valence-corrected chi connectivity index (χ3v) is 3.28. The minimum absolute atomic E-state index is 0.0525. The molecule has 1 atom stereocenters. The van der Waals surface area contributed by atoms with Gasteiger partial charge in [0.2, 0.25) is 5.92 Å². The van der Waals surface area contributed by atoms with Crippen molar-refractivity contribution in [1.29, 1.82) is 0 Å². The predicted molar refractivity (Wildman–Crippen MR) is 54.1 cm³/mol. The van der Waals surface area contributed by atoms with Gasteiger partial charge in [-0.05, 0) is 32.7 Å². The molecule has 0 unspecified atom stereocenters. The van der Waals surface area contributed by atoms with Crippen LogP contribution >= 0.6 is 0 Å². The van der Waals surface area contributed by atoms with Crippen LogP contribution in [0.4, 0.5) is 8.78 Å². The zero-order chi connectivity index (χ0) is 11.1. The summed E-state index contributed by atoms with van der Waals surface area (Å²) in [7, 11) is 0. The number of hydrogen-bond acceptors (Lipinski definition) is 2. The molecule has 1 saturated carbocycles. The van der Waals surface area contributed by atoms with Gasteiger partial charge in [-0.25, -0.2) is 8.78 Å². The lowest BCUT2D eigenvalue weighted by Crippen LogP contribution is -2.44. The van der Waals surface area contributed by atoms with Crippen molar-refractivity contribution in [3.63, 3.8) is 0 Å². The van der Waals surface area contributed by atoms with Gasteiger partial charge in [-0.15, -0.1) is 0 Å². The van der Waals surface area contributed by atoms with Gasteiger partial charge < -0.3 is 10.1 Å². The lowest BCUT2D eigenvalue weighted by molar-refractivity contribution is -0.109. The van der Waals surface area contributed by atoms with Crippen LogP contribution in [0.5, 0.6) is 0 Å². The molecule has 0 aromatic rings. The van der Waals surface area contributed by atoms with E-state index in [2.05, 4.69) is 19.2 Å². The summed E-state index contributed by atoms with van der Waals surface area (Å²) in [6, 6.07) is 0.342. The highest BCUT2D eigenvalue weighted by atomic mass is 19.3. The number of ether oxygens (including phenoxy) is 1. The Morgan fingerprint density at radius 2 is 1.93 bits per heavy atom. The van der Waals surface area contributed by atoms with Crippen molar-refractivity contribution in [3.8, 4) is 0 Å². The molecule has 1 heterocycles. The maximum absolute atomic E-state index is 12.6. The summed E-state index contributed by atoms with van der Waals surface area (Å²) in [6.45, 7) is 5.54. The first-order valence-corrected chi connectivity index (χ1v) is 5.61. The van der Waals surface area contributed by atoms with E-state index in [9.17, 15) is 8.78 Å². The molecule has 1 saturated heterocycles. The van der Waals surface area contributed by atoms with Crippen molar-refractivity contribution >= 4 is 0 Å². The molecular weight excluding hydrogens is 200 g/mol. The van der Waals surface area contributed by atoms with Gasteiger partial charge in [0.25, 0.3) is 0 Å². The van der Waals surface area contributed by atoms with Crippen molar-refractivity contribution in [2.24, 2.45) is 5.92 Å². The standard InChI is InChI=1S/C11H19F2NO/c1-10(2)5-9(7-15-10)14-6-8-3-11(12,13)4-8/h8-9,14H,3-7H2,1-2H3/t9-/m1/s1. The number of halogens is 2. The molecule has 0 aromatic carbocycles. The first-order valence-electron chi connectivity index (χ1n) is 5.61. The van der Waals surface area contributed by atoms with Crippen LogP contribution < -0.4 is 5.32 Å². The SMILES string of the molecule is CC1(C)C[C@@H](NCC2CC(F)(F)C2)CO1. The van der Waals surface area contributed by atoms with E-state index in [1.807, 2.05) is 0 Å². The summed E-state index contributed by atoms with van der Waals surface area (Å²) in [6.07, 6.45) is 1.07. The fourth-order valence-electron chi connectivity index (χ4n) is 2.43. The van der Waals surface area contributed by atoms with E-state index in [1.54, 1.807) is 0 Å². The van der Waals surface area contributed by atoms with Gasteiger partial charge in [0, 0.05) is 18.9 Å². The summed E-state index contributed by atoms with van der Waals surface area (Å²) in [4.78, 5) is 0. The lowest BCUT2D eigenvalue weighted by atomic mass is 9.81. The van der Waals surface area contributed by atoms with Gasteiger partial charge in [0.1, 0.15) is 0 Å². The summed E-state index contributed by atoms with van der Waals surface area (Å²) in [5.41, 5.74) is -0.0543. The molecule has 2 aliphatic rings. The highest BCUT2D eigenvalue weighted by molar-refractivity contribution is 4.90. The maximum Gasteiger partial charge on any atom is 0.248 e. The monoisotopic (exact) mass is 219 g/mol.